The zero-order valence-corrected chi connectivity index (χ0v) is 21.6. The molecule has 0 aromatic heterocycles. The summed E-state index contributed by atoms with van der Waals surface area (Å²) in [5.74, 6) is 2.21. The lowest BCUT2D eigenvalue weighted by Crippen LogP contribution is -2.03. The van der Waals surface area contributed by atoms with Gasteiger partial charge in [0, 0.05) is 17.5 Å². The van der Waals surface area contributed by atoms with Crippen molar-refractivity contribution in [3.05, 3.63) is 161 Å². The fourth-order valence-corrected chi connectivity index (χ4v) is 4.30. The Morgan fingerprint density at radius 1 is 0.487 bits per heavy atom. The first-order valence-electron chi connectivity index (χ1n) is 12.9. The Morgan fingerprint density at radius 2 is 1.00 bits per heavy atom. The van der Waals surface area contributed by atoms with Crippen LogP contribution >= 0.6 is 0 Å². The largest absolute Gasteiger partial charge is 0.489 e. The van der Waals surface area contributed by atoms with Crippen LogP contribution in [-0.4, -0.2) is 6.29 Å². The van der Waals surface area contributed by atoms with Crippen LogP contribution in [0.25, 0.3) is 0 Å². The molecule has 0 aliphatic rings. The SMILES string of the molecule is O=[C]c1cccc(OCc2cccc(OCc3ccccc3)c2)c1Cc1cccc(OCc2ccccc2)c1. The van der Waals surface area contributed by atoms with Crippen LogP contribution in [0, 0.1) is 0 Å². The summed E-state index contributed by atoms with van der Waals surface area (Å²) in [6.07, 6.45) is 2.59. The monoisotopic (exact) mass is 513 g/mol. The molecule has 0 fully saturated rings. The van der Waals surface area contributed by atoms with E-state index >= 15 is 0 Å². The van der Waals surface area contributed by atoms with Gasteiger partial charge in [-0.15, -0.1) is 0 Å². The average molecular weight is 514 g/mol. The molecule has 0 atom stereocenters. The van der Waals surface area contributed by atoms with Crippen LogP contribution < -0.4 is 14.2 Å². The number of hydrogen-bond acceptors (Lipinski definition) is 4. The molecule has 0 N–H and O–H groups in total. The molecule has 4 heteroatoms. The third-order valence-electron chi connectivity index (χ3n) is 6.31. The van der Waals surface area contributed by atoms with E-state index in [1.807, 2.05) is 121 Å². The summed E-state index contributed by atoms with van der Waals surface area (Å²) in [6.45, 7) is 1.34. The second-order valence-corrected chi connectivity index (χ2v) is 9.19. The summed E-state index contributed by atoms with van der Waals surface area (Å²) < 4.78 is 18.2. The lowest BCUT2D eigenvalue weighted by Gasteiger charge is -2.15. The summed E-state index contributed by atoms with van der Waals surface area (Å²) in [4.78, 5) is 11.8. The van der Waals surface area contributed by atoms with Gasteiger partial charge < -0.3 is 14.2 Å². The van der Waals surface area contributed by atoms with Gasteiger partial charge in [0.05, 0.1) is 0 Å². The lowest BCUT2D eigenvalue weighted by molar-refractivity contribution is 0.294. The zero-order valence-electron chi connectivity index (χ0n) is 21.6. The molecule has 39 heavy (non-hydrogen) atoms. The molecule has 0 aliphatic carbocycles. The number of benzene rings is 5. The van der Waals surface area contributed by atoms with Gasteiger partial charge in [-0.25, -0.2) is 0 Å². The average Bonchev–Trinajstić information content (AvgIpc) is 3.00. The molecule has 0 unspecified atom stereocenters. The zero-order chi connectivity index (χ0) is 26.7. The fourth-order valence-electron chi connectivity index (χ4n) is 4.30. The predicted molar refractivity (Wildman–Crippen MR) is 153 cm³/mol. The first kappa shape index (κ1) is 25.8. The van der Waals surface area contributed by atoms with Crippen LogP contribution in [0.4, 0.5) is 0 Å². The normalized spacial score (nSPS) is 10.6. The van der Waals surface area contributed by atoms with E-state index in [0.29, 0.717) is 37.6 Å². The molecule has 0 saturated heterocycles. The van der Waals surface area contributed by atoms with Crippen molar-refractivity contribution in [1.82, 2.24) is 0 Å². The molecule has 1 radical (unpaired) electrons. The van der Waals surface area contributed by atoms with E-state index in [4.69, 9.17) is 14.2 Å². The molecular weight excluding hydrogens is 484 g/mol. The Balaban J connectivity index is 1.26. The highest BCUT2D eigenvalue weighted by atomic mass is 16.5. The van der Waals surface area contributed by atoms with Gasteiger partial charge >= 0.3 is 0 Å². The van der Waals surface area contributed by atoms with E-state index in [-0.39, 0.29) is 0 Å². The molecule has 0 amide bonds. The fraction of sp³-hybridized carbons (Fsp3) is 0.114. The third-order valence-corrected chi connectivity index (χ3v) is 6.31. The van der Waals surface area contributed by atoms with Gasteiger partial charge in [-0.05, 0) is 52.6 Å². The summed E-state index contributed by atoms with van der Waals surface area (Å²) in [6, 6.07) is 41.4. The molecule has 5 aromatic rings. The van der Waals surface area contributed by atoms with E-state index < -0.39 is 0 Å². The van der Waals surface area contributed by atoms with Crippen molar-refractivity contribution in [2.45, 2.75) is 26.2 Å². The van der Waals surface area contributed by atoms with Gasteiger partial charge in [0.2, 0.25) is 6.29 Å². The van der Waals surface area contributed by atoms with Gasteiger partial charge in [0.15, 0.2) is 0 Å². The van der Waals surface area contributed by atoms with E-state index in [9.17, 15) is 4.79 Å². The number of rotatable bonds is 12. The molecule has 0 aliphatic heterocycles. The second-order valence-electron chi connectivity index (χ2n) is 9.19. The van der Waals surface area contributed by atoms with E-state index in [2.05, 4.69) is 6.29 Å². The molecule has 0 spiro atoms. The highest BCUT2D eigenvalue weighted by molar-refractivity contribution is 5.79. The van der Waals surface area contributed by atoms with Crippen LogP contribution in [0.2, 0.25) is 0 Å². The summed E-state index contributed by atoms with van der Waals surface area (Å²) >= 11 is 0. The number of carbonyl (C=O) groups excluding carboxylic acids is 1. The Labute approximate surface area is 229 Å². The van der Waals surface area contributed by atoms with Crippen molar-refractivity contribution in [2.75, 3.05) is 0 Å². The van der Waals surface area contributed by atoms with Crippen molar-refractivity contribution in [3.8, 4) is 17.2 Å². The van der Waals surface area contributed by atoms with E-state index in [1.165, 1.54) is 0 Å². The molecule has 0 bridgehead atoms. The van der Waals surface area contributed by atoms with E-state index in [0.717, 1.165) is 39.3 Å². The second kappa shape index (κ2) is 13.1. The Hall–Kier alpha value is -4.83. The Bertz CT molecular complexity index is 1500. The van der Waals surface area contributed by atoms with Crippen LogP contribution in [-0.2, 0) is 31.0 Å². The van der Waals surface area contributed by atoms with Crippen LogP contribution in [0.5, 0.6) is 17.2 Å². The van der Waals surface area contributed by atoms with Crippen molar-refractivity contribution in [1.29, 1.82) is 0 Å². The molecule has 5 aromatic carbocycles. The van der Waals surface area contributed by atoms with Crippen molar-refractivity contribution in [3.63, 3.8) is 0 Å². The van der Waals surface area contributed by atoms with Gasteiger partial charge in [-0.3, -0.25) is 4.79 Å². The third kappa shape index (κ3) is 7.36. The highest BCUT2D eigenvalue weighted by Gasteiger charge is 2.12. The topological polar surface area (TPSA) is 44.8 Å². The Morgan fingerprint density at radius 3 is 1.62 bits per heavy atom. The first-order valence-corrected chi connectivity index (χ1v) is 12.9. The smallest absolute Gasteiger partial charge is 0.233 e. The lowest BCUT2D eigenvalue weighted by atomic mass is 9.99. The van der Waals surface area contributed by atoms with Crippen molar-refractivity contribution >= 4 is 6.29 Å². The molecule has 4 nitrogen and oxygen atoms in total. The van der Waals surface area contributed by atoms with Crippen LogP contribution in [0.3, 0.4) is 0 Å². The van der Waals surface area contributed by atoms with Crippen molar-refractivity contribution in [2.24, 2.45) is 0 Å². The minimum Gasteiger partial charge on any atom is -0.489 e. The molecule has 0 saturated carbocycles. The molecule has 5 rings (SSSR count). The maximum absolute atomic E-state index is 11.8. The standard InChI is InChI=1S/C35H29O4/c36-23-31-16-9-19-35(39-26-30-15-8-18-33(21-30)38-25-28-12-5-2-6-13-28)34(31)22-29-14-7-17-32(20-29)37-24-27-10-3-1-4-11-27/h1-21H,22,24-26H2. The van der Waals surface area contributed by atoms with Gasteiger partial charge in [0.25, 0.3) is 0 Å². The van der Waals surface area contributed by atoms with Crippen LogP contribution in [0.15, 0.2) is 127 Å². The maximum Gasteiger partial charge on any atom is 0.233 e. The Kier molecular flexibility index (Phi) is 8.67. The molecule has 0 heterocycles. The molecular formula is C35H29O4. The van der Waals surface area contributed by atoms with Crippen LogP contribution in [0.1, 0.15) is 33.4 Å². The number of ether oxygens (including phenoxy) is 3. The summed E-state index contributed by atoms with van der Waals surface area (Å²) in [7, 11) is 0. The summed E-state index contributed by atoms with van der Waals surface area (Å²) in [5, 5.41) is 0. The van der Waals surface area contributed by atoms with Gasteiger partial charge in [-0.1, -0.05) is 97.1 Å². The van der Waals surface area contributed by atoms with Crippen molar-refractivity contribution < 1.29 is 19.0 Å². The first-order chi connectivity index (χ1) is 19.3. The predicted octanol–water partition coefficient (Wildman–Crippen LogP) is 7.47. The quantitative estimate of drug-likeness (QED) is 0.174. The van der Waals surface area contributed by atoms with Gasteiger partial charge in [0.1, 0.15) is 37.1 Å². The maximum atomic E-state index is 11.8. The molecule has 193 valence electrons. The highest BCUT2D eigenvalue weighted by Crippen LogP contribution is 2.28. The number of hydrogen-bond donors (Lipinski definition) is 0. The van der Waals surface area contributed by atoms with E-state index in [1.54, 1.807) is 6.07 Å². The minimum atomic E-state index is 0.345. The van der Waals surface area contributed by atoms with Gasteiger partial charge in [-0.2, -0.15) is 0 Å². The summed E-state index contributed by atoms with van der Waals surface area (Å²) in [5.41, 5.74) is 5.49. The minimum absolute atomic E-state index is 0.345.